The monoisotopic (exact) mass is 700 g/mol. The van der Waals surface area contributed by atoms with Crippen LogP contribution in [-0.4, -0.2) is 87.5 Å². The van der Waals surface area contributed by atoms with Crippen molar-refractivity contribution in [3.05, 3.63) is 12.2 Å². The molecular formula is C40H77NO8. The smallest absolute Gasteiger partial charge is 0.220 e. The zero-order valence-electron chi connectivity index (χ0n) is 31.5. The summed E-state index contributed by atoms with van der Waals surface area (Å²) in [7, 11) is 0. The number of carbonyl (C=O) groups excluding carboxylic acids is 1. The molecular weight excluding hydrogens is 622 g/mol. The van der Waals surface area contributed by atoms with E-state index in [1.165, 1.54) is 122 Å². The lowest BCUT2D eigenvalue weighted by molar-refractivity contribution is -0.302. The zero-order valence-corrected chi connectivity index (χ0v) is 31.5. The summed E-state index contributed by atoms with van der Waals surface area (Å²) >= 11 is 0. The summed E-state index contributed by atoms with van der Waals surface area (Å²) in [6.07, 6.45) is 26.8. The van der Waals surface area contributed by atoms with Crippen molar-refractivity contribution in [1.29, 1.82) is 0 Å². The topological polar surface area (TPSA) is 149 Å². The fourth-order valence-electron chi connectivity index (χ4n) is 6.51. The second-order valence-corrected chi connectivity index (χ2v) is 14.4. The van der Waals surface area contributed by atoms with E-state index in [9.17, 15) is 30.3 Å². The Hall–Kier alpha value is -1.07. The van der Waals surface area contributed by atoms with Gasteiger partial charge in [0, 0.05) is 6.42 Å². The van der Waals surface area contributed by atoms with E-state index in [1.54, 1.807) is 6.08 Å². The van der Waals surface area contributed by atoms with Gasteiger partial charge in [-0.2, -0.15) is 0 Å². The number of rotatable bonds is 33. The quantitative estimate of drug-likeness (QED) is 0.0307. The van der Waals surface area contributed by atoms with Crippen LogP contribution < -0.4 is 5.32 Å². The number of allylic oxidation sites excluding steroid dienone is 1. The van der Waals surface area contributed by atoms with Gasteiger partial charge >= 0.3 is 0 Å². The van der Waals surface area contributed by atoms with Crippen LogP contribution >= 0.6 is 0 Å². The maximum atomic E-state index is 12.9. The summed E-state index contributed by atoms with van der Waals surface area (Å²) < 4.78 is 11.2. The van der Waals surface area contributed by atoms with Crippen molar-refractivity contribution < 1.29 is 39.8 Å². The number of hydrogen-bond acceptors (Lipinski definition) is 8. The molecule has 0 bridgehead atoms. The predicted octanol–water partition coefficient (Wildman–Crippen LogP) is 7.39. The van der Waals surface area contributed by atoms with E-state index in [0.717, 1.165) is 38.5 Å². The van der Waals surface area contributed by atoms with Gasteiger partial charge in [0.05, 0.1) is 25.4 Å². The molecule has 0 unspecified atom stereocenters. The minimum Gasteiger partial charge on any atom is -0.394 e. The Morgan fingerprint density at radius 1 is 0.673 bits per heavy atom. The Kier molecular flexibility index (Phi) is 29.7. The molecule has 0 aromatic rings. The van der Waals surface area contributed by atoms with Crippen LogP contribution in [0.4, 0.5) is 0 Å². The van der Waals surface area contributed by atoms with Gasteiger partial charge in [0.2, 0.25) is 5.91 Å². The highest BCUT2D eigenvalue weighted by atomic mass is 16.7. The lowest BCUT2D eigenvalue weighted by Crippen LogP contribution is -2.60. The van der Waals surface area contributed by atoms with E-state index in [4.69, 9.17) is 9.47 Å². The minimum absolute atomic E-state index is 0.177. The molecule has 0 aromatic carbocycles. The number of carbonyl (C=O) groups is 1. The zero-order chi connectivity index (χ0) is 36.0. The number of ether oxygens (including phenoxy) is 2. The Morgan fingerprint density at radius 3 is 1.59 bits per heavy atom. The highest BCUT2D eigenvalue weighted by Crippen LogP contribution is 2.22. The molecule has 49 heavy (non-hydrogen) atoms. The summed E-state index contributed by atoms with van der Waals surface area (Å²) in [6.45, 7) is 3.75. The Bertz CT molecular complexity index is 781. The summed E-state index contributed by atoms with van der Waals surface area (Å²) in [4.78, 5) is 12.9. The summed E-state index contributed by atoms with van der Waals surface area (Å²) in [6, 6.07) is -0.796. The van der Waals surface area contributed by atoms with Gasteiger partial charge in [-0.15, -0.1) is 0 Å². The standard InChI is InChI=1S/C40H77NO8/c1-3-5-7-9-11-13-15-16-17-18-20-22-24-26-28-30-36(44)41-33(32-48-40-39(47)38(46)37(45)35(31-42)49-40)34(43)29-27-25-23-21-19-14-12-10-8-6-4-2/h27,29,33-35,37-40,42-43,45-47H,3-26,28,30-32H2,1-2H3,(H,41,44)/b29-27+/t33-,34+,35+,37-,38-,39+,40+/m0/s1. The maximum Gasteiger partial charge on any atom is 0.220 e. The molecule has 0 spiro atoms. The molecule has 1 heterocycles. The Balaban J connectivity index is 2.40. The molecule has 1 saturated heterocycles. The number of hydrogen-bond donors (Lipinski definition) is 6. The van der Waals surface area contributed by atoms with Crippen LogP contribution in [0.5, 0.6) is 0 Å². The molecule has 0 radical (unpaired) electrons. The highest BCUT2D eigenvalue weighted by molar-refractivity contribution is 5.76. The van der Waals surface area contributed by atoms with Gasteiger partial charge in [-0.3, -0.25) is 4.79 Å². The molecule has 0 aromatic heterocycles. The van der Waals surface area contributed by atoms with Crippen LogP contribution in [-0.2, 0) is 14.3 Å². The second-order valence-electron chi connectivity index (χ2n) is 14.4. The molecule has 1 rings (SSSR count). The van der Waals surface area contributed by atoms with Gasteiger partial charge in [0.15, 0.2) is 6.29 Å². The van der Waals surface area contributed by atoms with Crippen LogP contribution in [0.3, 0.4) is 0 Å². The first kappa shape index (κ1) is 46.0. The molecule has 1 aliphatic rings. The Labute approximate surface area is 299 Å². The molecule has 0 aliphatic carbocycles. The van der Waals surface area contributed by atoms with E-state index < -0.39 is 49.5 Å². The van der Waals surface area contributed by atoms with E-state index >= 15 is 0 Å². The molecule has 0 saturated carbocycles. The van der Waals surface area contributed by atoms with E-state index in [1.807, 2.05) is 6.08 Å². The first-order chi connectivity index (χ1) is 23.8. The number of aliphatic hydroxyl groups is 5. The van der Waals surface area contributed by atoms with Crippen molar-refractivity contribution in [2.75, 3.05) is 13.2 Å². The molecule has 9 nitrogen and oxygen atoms in total. The van der Waals surface area contributed by atoms with Gasteiger partial charge in [0.1, 0.15) is 24.4 Å². The predicted molar refractivity (Wildman–Crippen MR) is 198 cm³/mol. The second kappa shape index (κ2) is 31.6. The lowest BCUT2D eigenvalue weighted by Gasteiger charge is -2.40. The van der Waals surface area contributed by atoms with Crippen molar-refractivity contribution in [3.63, 3.8) is 0 Å². The Morgan fingerprint density at radius 2 is 1.12 bits per heavy atom. The fourth-order valence-corrected chi connectivity index (χ4v) is 6.51. The lowest BCUT2D eigenvalue weighted by atomic mass is 9.99. The number of amides is 1. The summed E-state index contributed by atoms with van der Waals surface area (Å²) in [5.41, 5.74) is 0. The largest absolute Gasteiger partial charge is 0.394 e. The highest BCUT2D eigenvalue weighted by Gasteiger charge is 2.44. The fraction of sp³-hybridized carbons (Fsp3) is 0.925. The van der Waals surface area contributed by atoms with Crippen LogP contribution in [0.25, 0.3) is 0 Å². The SMILES string of the molecule is CCCCCCCCCCC/C=C/[C@@H](O)[C@H](CO[C@@H]1O[C@H](CO)[C@H](O)[C@H](O)[C@H]1O)NC(=O)CCCCCCCCCCCCCCCCC. The normalized spacial score (nSPS) is 22.5. The van der Waals surface area contributed by atoms with E-state index in [0.29, 0.717) is 6.42 Å². The molecule has 1 amide bonds. The third kappa shape index (κ3) is 23.2. The number of nitrogens with one attached hydrogen (secondary N) is 1. The van der Waals surface area contributed by atoms with Crippen LogP contribution in [0.2, 0.25) is 0 Å². The number of unbranched alkanes of at least 4 members (excludes halogenated alkanes) is 23. The average molecular weight is 700 g/mol. The first-order valence-corrected chi connectivity index (χ1v) is 20.4. The maximum absolute atomic E-state index is 12.9. The van der Waals surface area contributed by atoms with Crippen molar-refractivity contribution in [2.24, 2.45) is 0 Å². The van der Waals surface area contributed by atoms with Gasteiger partial charge in [-0.25, -0.2) is 0 Å². The molecule has 6 N–H and O–H groups in total. The molecule has 9 heteroatoms. The van der Waals surface area contributed by atoms with Crippen molar-refractivity contribution in [1.82, 2.24) is 5.32 Å². The van der Waals surface area contributed by atoms with Crippen molar-refractivity contribution in [2.45, 2.75) is 224 Å². The summed E-state index contributed by atoms with van der Waals surface area (Å²) in [5, 5.41) is 53.9. The van der Waals surface area contributed by atoms with Crippen molar-refractivity contribution in [3.8, 4) is 0 Å². The third-order valence-electron chi connectivity index (χ3n) is 9.86. The summed E-state index contributed by atoms with van der Waals surface area (Å²) in [5.74, 6) is -0.177. The van der Waals surface area contributed by atoms with Crippen molar-refractivity contribution >= 4 is 5.91 Å². The van der Waals surface area contributed by atoms with Gasteiger partial charge in [-0.05, 0) is 19.3 Å². The molecule has 1 fully saturated rings. The van der Waals surface area contributed by atoms with E-state index in [2.05, 4.69) is 19.2 Å². The van der Waals surface area contributed by atoms with Crippen LogP contribution in [0, 0.1) is 0 Å². The van der Waals surface area contributed by atoms with E-state index in [-0.39, 0.29) is 12.5 Å². The third-order valence-corrected chi connectivity index (χ3v) is 9.86. The van der Waals surface area contributed by atoms with Gasteiger partial charge < -0.3 is 40.3 Å². The van der Waals surface area contributed by atoms with Gasteiger partial charge in [0.25, 0.3) is 0 Å². The molecule has 290 valence electrons. The van der Waals surface area contributed by atoms with Crippen LogP contribution in [0.15, 0.2) is 12.2 Å². The minimum atomic E-state index is -1.56. The molecule has 1 aliphatic heterocycles. The average Bonchev–Trinajstić information content (AvgIpc) is 3.10. The number of aliphatic hydroxyl groups excluding tert-OH is 5. The van der Waals surface area contributed by atoms with Gasteiger partial charge in [-0.1, -0.05) is 167 Å². The first-order valence-electron chi connectivity index (χ1n) is 20.4. The van der Waals surface area contributed by atoms with Crippen LogP contribution in [0.1, 0.15) is 181 Å². The molecule has 7 atom stereocenters.